The highest BCUT2D eigenvalue weighted by Gasteiger charge is 2.32. The first-order chi connectivity index (χ1) is 8.14. The van der Waals surface area contributed by atoms with E-state index >= 15 is 0 Å². The molecule has 0 spiro atoms. The molecule has 2 unspecified atom stereocenters. The van der Waals surface area contributed by atoms with Crippen LogP contribution in [0.2, 0.25) is 0 Å². The lowest BCUT2D eigenvalue weighted by Gasteiger charge is -2.37. The van der Waals surface area contributed by atoms with Crippen molar-refractivity contribution < 1.29 is 0 Å². The Kier molecular flexibility index (Phi) is 4.48. The zero-order chi connectivity index (χ0) is 12.3. The number of nitrogens with zero attached hydrogens (tertiary/aromatic N) is 1. The van der Waals surface area contributed by atoms with Gasteiger partial charge in [0.2, 0.25) is 0 Å². The fourth-order valence-corrected chi connectivity index (χ4v) is 3.82. The van der Waals surface area contributed by atoms with E-state index in [1.54, 1.807) is 0 Å². The SMILES string of the molecule is CCC1CCC(C)N1CCC1(N)CCCCC1. The number of hydrogen-bond donors (Lipinski definition) is 1. The lowest BCUT2D eigenvalue weighted by Crippen LogP contribution is -2.46. The number of nitrogens with two attached hydrogens (primary N) is 1. The summed E-state index contributed by atoms with van der Waals surface area (Å²) in [5.41, 5.74) is 6.71. The van der Waals surface area contributed by atoms with Gasteiger partial charge in [0.15, 0.2) is 0 Å². The van der Waals surface area contributed by atoms with Gasteiger partial charge in [0.25, 0.3) is 0 Å². The molecular formula is C15H30N2. The average Bonchev–Trinajstić information content (AvgIpc) is 2.68. The van der Waals surface area contributed by atoms with Crippen molar-refractivity contribution in [3.63, 3.8) is 0 Å². The fourth-order valence-electron chi connectivity index (χ4n) is 3.82. The van der Waals surface area contributed by atoms with Gasteiger partial charge < -0.3 is 5.73 Å². The number of likely N-dealkylation sites (tertiary alicyclic amines) is 1. The topological polar surface area (TPSA) is 29.3 Å². The Bertz CT molecular complexity index is 233. The lowest BCUT2D eigenvalue weighted by atomic mass is 9.80. The summed E-state index contributed by atoms with van der Waals surface area (Å²) in [7, 11) is 0. The molecule has 2 N–H and O–H groups in total. The van der Waals surface area contributed by atoms with Crippen LogP contribution in [0, 0.1) is 0 Å². The molecule has 100 valence electrons. The summed E-state index contributed by atoms with van der Waals surface area (Å²) in [6.45, 7) is 5.95. The van der Waals surface area contributed by atoms with Crippen molar-refractivity contribution in [3.05, 3.63) is 0 Å². The van der Waals surface area contributed by atoms with E-state index in [4.69, 9.17) is 5.73 Å². The Balaban J connectivity index is 1.83. The van der Waals surface area contributed by atoms with Gasteiger partial charge in [-0.1, -0.05) is 26.2 Å². The standard InChI is InChI=1S/C15H30N2/c1-3-14-8-7-13(2)17(14)12-11-15(16)9-5-4-6-10-15/h13-14H,3-12,16H2,1-2H3. The lowest BCUT2D eigenvalue weighted by molar-refractivity contribution is 0.163. The van der Waals surface area contributed by atoms with Crippen LogP contribution in [0.5, 0.6) is 0 Å². The minimum Gasteiger partial charge on any atom is -0.325 e. The summed E-state index contributed by atoms with van der Waals surface area (Å²) in [6, 6.07) is 1.62. The first-order valence-corrected chi connectivity index (χ1v) is 7.69. The smallest absolute Gasteiger partial charge is 0.0166 e. The molecule has 1 saturated carbocycles. The van der Waals surface area contributed by atoms with Crippen LogP contribution in [-0.4, -0.2) is 29.1 Å². The molecule has 2 atom stereocenters. The molecule has 2 aliphatic rings. The zero-order valence-electron chi connectivity index (χ0n) is 11.8. The van der Waals surface area contributed by atoms with Crippen molar-refractivity contribution >= 4 is 0 Å². The van der Waals surface area contributed by atoms with Crippen LogP contribution >= 0.6 is 0 Å². The molecule has 0 aromatic rings. The van der Waals surface area contributed by atoms with E-state index in [9.17, 15) is 0 Å². The van der Waals surface area contributed by atoms with Gasteiger partial charge in [-0.2, -0.15) is 0 Å². The van der Waals surface area contributed by atoms with Gasteiger partial charge in [0, 0.05) is 24.2 Å². The Morgan fingerprint density at radius 1 is 1.18 bits per heavy atom. The second kappa shape index (κ2) is 5.71. The molecule has 1 aliphatic carbocycles. The van der Waals surface area contributed by atoms with Crippen molar-refractivity contribution in [1.29, 1.82) is 0 Å². The Morgan fingerprint density at radius 2 is 1.88 bits per heavy atom. The van der Waals surface area contributed by atoms with E-state index in [0.717, 1.165) is 12.1 Å². The summed E-state index contributed by atoms with van der Waals surface area (Å²) < 4.78 is 0. The summed E-state index contributed by atoms with van der Waals surface area (Å²) >= 11 is 0. The molecule has 0 amide bonds. The second-order valence-electron chi connectivity index (χ2n) is 6.40. The van der Waals surface area contributed by atoms with Crippen LogP contribution in [0.1, 0.15) is 71.6 Å². The van der Waals surface area contributed by atoms with Crippen LogP contribution in [0.4, 0.5) is 0 Å². The van der Waals surface area contributed by atoms with Crippen molar-refractivity contribution in [2.45, 2.75) is 89.3 Å². The molecule has 17 heavy (non-hydrogen) atoms. The van der Waals surface area contributed by atoms with E-state index in [-0.39, 0.29) is 5.54 Å². The molecule has 2 rings (SSSR count). The van der Waals surface area contributed by atoms with Crippen LogP contribution in [-0.2, 0) is 0 Å². The molecule has 1 saturated heterocycles. The van der Waals surface area contributed by atoms with E-state index < -0.39 is 0 Å². The van der Waals surface area contributed by atoms with E-state index in [1.165, 1.54) is 64.3 Å². The molecule has 1 aliphatic heterocycles. The summed E-state index contributed by atoms with van der Waals surface area (Å²) in [5.74, 6) is 0. The normalized spacial score (nSPS) is 34.1. The van der Waals surface area contributed by atoms with Gasteiger partial charge in [-0.25, -0.2) is 0 Å². The molecule has 0 aromatic carbocycles. The third-order valence-corrected chi connectivity index (χ3v) is 5.14. The molecule has 1 heterocycles. The Morgan fingerprint density at radius 3 is 2.53 bits per heavy atom. The predicted octanol–water partition coefficient (Wildman–Crippen LogP) is 3.30. The van der Waals surface area contributed by atoms with Crippen LogP contribution in [0.15, 0.2) is 0 Å². The van der Waals surface area contributed by atoms with Crippen LogP contribution in [0.3, 0.4) is 0 Å². The van der Waals surface area contributed by atoms with Crippen molar-refractivity contribution in [3.8, 4) is 0 Å². The third-order valence-electron chi connectivity index (χ3n) is 5.14. The highest BCUT2D eigenvalue weighted by Crippen LogP contribution is 2.31. The predicted molar refractivity (Wildman–Crippen MR) is 74.1 cm³/mol. The first-order valence-electron chi connectivity index (χ1n) is 7.69. The largest absolute Gasteiger partial charge is 0.325 e. The molecule has 2 fully saturated rings. The maximum absolute atomic E-state index is 6.54. The van der Waals surface area contributed by atoms with E-state index in [1.807, 2.05) is 0 Å². The average molecular weight is 238 g/mol. The van der Waals surface area contributed by atoms with E-state index in [2.05, 4.69) is 18.7 Å². The number of hydrogen-bond acceptors (Lipinski definition) is 2. The molecule has 2 heteroatoms. The maximum atomic E-state index is 6.54. The molecule has 0 radical (unpaired) electrons. The highest BCUT2D eigenvalue weighted by atomic mass is 15.2. The zero-order valence-corrected chi connectivity index (χ0v) is 11.8. The third kappa shape index (κ3) is 3.23. The quantitative estimate of drug-likeness (QED) is 0.814. The first kappa shape index (κ1) is 13.4. The highest BCUT2D eigenvalue weighted by molar-refractivity contribution is 4.91. The van der Waals surface area contributed by atoms with Crippen molar-refractivity contribution in [2.75, 3.05) is 6.54 Å². The summed E-state index contributed by atoms with van der Waals surface area (Å²) in [6.07, 6.45) is 11.9. The van der Waals surface area contributed by atoms with Crippen LogP contribution in [0.25, 0.3) is 0 Å². The Hall–Kier alpha value is -0.0800. The minimum atomic E-state index is 0.166. The van der Waals surface area contributed by atoms with Gasteiger partial charge >= 0.3 is 0 Å². The van der Waals surface area contributed by atoms with Gasteiger partial charge in [0.05, 0.1) is 0 Å². The second-order valence-corrected chi connectivity index (χ2v) is 6.40. The Labute approximate surface area is 107 Å². The fraction of sp³-hybridized carbons (Fsp3) is 1.00. The van der Waals surface area contributed by atoms with Gasteiger partial charge in [-0.05, 0) is 45.4 Å². The molecule has 2 nitrogen and oxygen atoms in total. The summed E-state index contributed by atoms with van der Waals surface area (Å²) in [5, 5.41) is 0. The molecule has 0 aromatic heterocycles. The van der Waals surface area contributed by atoms with Gasteiger partial charge in [-0.3, -0.25) is 4.90 Å². The van der Waals surface area contributed by atoms with Gasteiger partial charge in [-0.15, -0.1) is 0 Å². The van der Waals surface area contributed by atoms with Crippen molar-refractivity contribution in [2.24, 2.45) is 5.73 Å². The van der Waals surface area contributed by atoms with Gasteiger partial charge in [0.1, 0.15) is 0 Å². The van der Waals surface area contributed by atoms with Crippen molar-refractivity contribution in [1.82, 2.24) is 4.90 Å². The maximum Gasteiger partial charge on any atom is 0.0166 e. The minimum absolute atomic E-state index is 0.166. The number of rotatable bonds is 4. The van der Waals surface area contributed by atoms with E-state index in [0.29, 0.717) is 0 Å². The summed E-state index contributed by atoms with van der Waals surface area (Å²) in [4.78, 5) is 2.73. The molecular weight excluding hydrogens is 208 g/mol. The molecule has 0 bridgehead atoms. The van der Waals surface area contributed by atoms with Crippen LogP contribution < -0.4 is 5.73 Å². The monoisotopic (exact) mass is 238 g/mol.